The van der Waals surface area contributed by atoms with Crippen molar-refractivity contribution >= 4 is 11.0 Å². The second-order valence-electron chi connectivity index (χ2n) is 6.31. The number of aromatic nitrogens is 7. The number of ether oxygens (including phenoxy) is 1. The van der Waals surface area contributed by atoms with Crippen LogP contribution in [-0.4, -0.2) is 48.0 Å². The molecule has 0 atom stereocenters. The number of imidazole rings is 1. The molecule has 0 saturated carbocycles. The Morgan fingerprint density at radius 2 is 1.89 bits per heavy atom. The Hall–Kier alpha value is -3.13. The van der Waals surface area contributed by atoms with Crippen LogP contribution in [0, 0.1) is 6.92 Å². The van der Waals surface area contributed by atoms with E-state index in [1.54, 1.807) is 19.6 Å². The molecule has 138 valence electrons. The predicted molar refractivity (Wildman–Crippen MR) is 101 cm³/mol. The fourth-order valence-corrected chi connectivity index (χ4v) is 3.07. The third kappa shape index (κ3) is 3.56. The first kappa shape index (κ1) is 17.3. The maximum absolute atomic E-state index is 5.13. The van der Waals surface area contributed by atoms with Crippen molar-refractivity contribution in [1.29, 1.82) is 0 Å². The zero-order valence-electron chi connectivity index (χ0n) is 15.4. The number of benzene rings is 1. The Balaban J connectivity index is 1.65. The van der Waals surface area contributed by atoms with E-state index in [4.69, 9.17) is 9.72 Å². The lowest BCUT2D eigenvalue weighted by Crippen LogP contribution is -2.11. The molecule has 0 aliphatic heterocycles. The summed E-state index contributed by atoms with van der Waals surface area (Å²) in [5.74, 6) is 1.65. The van der Waals surface area contributed by atoms with E-state index in [1.807, 2.05) is 46.5 Å². The molecule has 0 amide bonds. The van der Waals surface area contributed by atoms with E-state index in [-0.39, 0.29) is 0 Å². The van der Waals surface area contributed by atoms with Gasteiger partial charge in [0, 0.05) is 32.7 Å². The Labute approximate surface area is 156 Å². The normalized spacial score (nSPS) is 11.3. The van der Waals surface area contributed by atoms with Gasteiger partial charge in [0.15, 0.2) is 11.6 Å². The van der Waals surface area contributed by atoms with Crippen molar-refractivity contribution in [2.75, 3.05) is 13.7 Å². The van der Waals surface area contributed by atoms with Gasteiger partial charge in [0.25, 0.3) is 0 Å². The Bertz CT molecular complexity index is 1050. The zero-order chi connectivity index (χ0) is 18.6. The minimum atomic E-state index is 0.566. The fraction of sp³-hybridized carbons (Fsp3) is 0.316. The van der Waals surface area contributed by atoms with Crippen LogP contribution in [0.2, 0.25) is 0 Å². The van der Waals surface area contributed by atoms with Crippen LogP contribution < -0.4 is 0 Å². The zero-order valence-corrected chi connectivity index (χ0v) is 15.4. The van der Waals surface area contributed by atoms with E-state index in [0.717, 1.165) is 47.0 Å². The molecule has 0 aliphatic rings. The molecule has 8 heteroatoms. The van der Waals surface area contributed by atoms with Crippen LogP contribution >= 0.6 is 0 Å². The SMILES string of the molecule is COCCCn1cnnc1Cn1ccnc1-c1nc2ccccc2nc1C. The second kappa shape index (κ2) is 7.63. The van der Waals surface area contributed by atoms with E-state index < -0.39 is 0 Å². The number of nitrogens with zero attached hydrogens (tertiary/aromatic N) is 7. The van der Waals surface area contributed by atoms with Gasteiger partial charge in [-0.05, 0) is 25.5 Å². The van der Waals surface area contributed by atoms with Crippen molar-refractivity contribution in [1.82, 2.24) is 34.3 Å². The number of para-hydroxylation sites is 2. The number of rotatable bonds is 7. The lowest BCUT2D eigenvalue weighted by atomic mass is 10.2. The average Bonchev–Trinajstić information content (AvgIpc) is 3.31. The predicted octanol–water partition coefficient (Wildman–Crippen LogP) is 2.48. The molecule has 0 saturated heterocycles. The summed E-state index contributed by atoms with van der Waals surface area (Å²) in [7, 11) is 1.71. The van der Waals surface area contributed by atoms with E-state index in [0.29, 0.717) is 13.2 Å². The van der Waals surface area contributed by atoms with Gasteiger partial charge in [-0.15, -0.1) is 10.2 Å². The topological polar surface area (TPSA) is 83.5 Å². The summed E-state index contributed by atoms with van der Waals surface area (Å²) in [5.41, 5.74) is 3.37. The second-order valence-corrected chi connectivity index (χ2v) is 6.31. The Morgan fingerprint density at radius 1 is 1.07 bits per heavy atom. The van der Waals surface area contributed by atoms with Gasteiger partial charge in [-0.1, -0.05) is 12.1 Å². The third-order valence-corrected chi connectivity index (χ3v) is 4.43. The number of fused-ring (bicyclic) bond motifs is 1. The van der Waals surface area contributed by atoms with Crippen molar-refractivity contribution < 1.29 is 4.74 Å². The number of methoxy groups -OCH3 is 1. The van der Waals surface area contributed by atoms with Crippen LogP contribution in [0.3, 0.4) is 0 Å². The number of aryl methyl sites for hydroxylation is 2. The molecule has 8 nitrogen and oxygen atoms in total. The highest BCUT2D eigenvalue weighted by molar-refractivity contribution is 5.77. The van der Waals surface area contributed by atoms with Crippen LogP contribution in [0.4, 0.5) is 0 Å². The number of hydrogen-bond donors (Lipinski definition) is 0. The van der Waals surface area contributed by atoms with Gasteiger partial charge in [0.05, 0.1) is 23.3 Å². The molecule has 0 spiro atoms. The standard InChI is InChI=1S/C19H21N7O/c1-14-18(23-16-7-4-3-6-15(16)22-14)19-20-8-10-25(19)12-17-24-21-13-26(17)9-5-11-27-2/h3-4,6-8,10,13H,5,9,11-12H2,1-2H3. The molecular formula is C19H21N7O. The third-order valence-electron chi connectivity index (χ3n) is 4.43. The van der Waals surface area contributed by atoms with Crippen LogP contribution in [0.5, 0.6) is 0 Å². The molecule has 0 aliphatic carbocycles. The molecule has 4 aromatic rings. The maximum Gasteiger partial charge on any atom is 0.160 e. The van der Waals surface area contributed by atoms with Crippen molar-refractivity contribution in [2.45, 2.75) is 26.4 Å². The molecule has 0 unspecified atom stereocenters. The minimum absolute atomic E-state index is 0.566. The van der Waals surface area contributed by atoms with Crippen molar-refractivity contribution in [3.8, 4) is 11.5 Å². The van der Waals surface area contributed by atoms with E-state index in [9.17, 15) is 0 Å². The first-order valence-corrected chi connectivity index (χ1v) is 8.87. The van der Waals surface area contributed by atoms with Crippen molar-refractivity contribution in [3.05, 3.63) is 54.5 Å². The summed E-state index contributed by atoms with van der Waals surface area (Å²) in [6, 6.07) is 7.86. The number of hydrogen-bond acceptors (Lipinski definition) is 6. The smallest absolute Gasteiger partial charge is 0.160 e. The Morgan fingerprint density at radius 3 is 2.70 bits per heavy atom. The van der Waals surface area contributed by atoms with E-state index in [2.05, 4.69) is 20.2 Å². The molecule has 0 bridgehead atoms. The maximum atomic E-state index is 5.13. The van der Waals surface area contributed by atoms with Crippen molar-refractivity contribution in [2.24, 2.45) is 0 Å². The highest BCUT2D eigenvalue weighted by atomic mass is 16.5. The fourth-order valence-electron chi connectivity index (χ4n) is 3.07. The molecule has 27 heavy (non-hydrogen) atoms. The molecule has 0 fully saturated rings. The first-order valence-electron chi connectivity index (χ1n) is 8.87. The Kier molecular flexibility index (Phi) is 4.88. The lowest BCUT2D eigenvalue weighted by Gasteiger charge is -2.11. The summed E-state index contributed by atoms with van der Waals surface area (Å²) in [6.07, 6.45) is 6.37. The van der Waals surface area contributed by atoms with Crippen LogP contribution in [0.1, 0.15) is 17.9 Å². The summed E-state index contributed by atoms with van der Waals surface area (Å²) >= 11 is 0. The van der Waals surface area contributed by atoms with Gasteiger partial charge < -0.3 is 13.9 Å². The molecule has 4 rings (SSSR count). The van der Waals surface area contributed by atoms with E-state index >= 15 is 0 Å². The molecule has 1 aromatic carbocycles. The van der Waals surface area contributed by atoms with Crippen molar-refractivity contribution in [3.63, 3.8) is 0 Å². The molecular weight excluding hydrogens is 342 g/mol. The van der Waals surface area contributed by atoms with Gasteiger partial charge in [0.2, 0.25) is 0 Å². The van der Waals surface area contributed by atoms with Crippen LogP contribution in [0.15, 0.2) is 43.0 Å². The minimum Gasteiger partial charge on any atom is -0.385 e. The molecule has 0 radical (unpaired) electrons. The van der Waals surface area contributed by atoms with Gasteiger partial charge in [0.1, 0.15) is 12.0 Å². The van der Waals surface area contributed by atoms with Gasteiger partial charge >= 0.3 is 0 Å². The van der Waals surface area contributed by atoms with Crippen LogP contribution in [0.25, 0.3) is 22.6 Å². The van der Waals surface area contributed by atoms with Gasteiger partial charge in [-0.2, -0.15) is 0 Å². The average molecular weight is 363 g/mol. The van der Waals surface area contributed by atoms with Gasteiger partial charge in [-0.3, -0.25) is 0 Å². The molecule has 3 heterocycles. The summed E-state index contributed by atoms with van der Waals surface area (Å²) in [6.45, 7) is 4.05. The summed E-state index contributed by atoms with van der Waals surface area (Å²) in [4.78, 5) is 14.0. The molecule has 0 N–H and O–H groups in total. The van der Waals surface area contributed by atoms with E-state index in [1.165, 1.54) is 0 Å². The van der Waals surface area contributed by atoms with Gasteiger partial charge in [-0.25, -0.2) is 15.0 Å². The largest absolute Gasteiger partial charge is 0.385 e. The first-order chi connectivity index (χ1) is 13.3. The molecule has 3 aromatic heterocycles. The van der Waals surface area contributed by atoms with Crippen LogP contribution in [-0.2, 0) is 17.8 Å². The summed E-state index contributed by atoms with van der Waals surface area (Å²) in [5, 5.41) is 8.32. The monoisotopic (exact) mass is 363 g/mol. The highest BCUT2D eigenvalue weighted by Crippen LogP contribution is 2.22. The highest BCUT2D eigenvalue weighted by Gasteiger charge is 2.15. The lowest BCUT2D eigenvalue weighted by molar-refractivity contribution is 0.190. The summed E-state index contributed by atoms with van der Waals surface area (Å²) < 4.78 is 9.20. The quantitative estimate of drug-likeness (QED) is 0.469.